The molecule has 0 unspecified atom stereocenters. The normalized spacial score (nSPS) is 11.4. The van der Waals surface area contributed by atoms with Crippen LogP contribution in [0.3, 0.4) is 0 Å². The van der Waals surface area contributed by atoms with Crippen LogP contribution in [-0.2, 0) is 11.3 Å². The third kappa shape index (κ3) is 5.49. The minimum atomic E-state index is 0.0803. The van der Waals surface area contributed by atoms with Gasteiger partial charge in [-0.15, -0.1) is 0 Å². The fraction of sp³-hybridized carbons (Fsp3) is 0.571. The van der Waals surface area contributed by atoms with Gasteiger partial charge in [-0.2, -0.15) is 0 Å². The van der Waals surface area contributed by atoms with Crippen LogP contribution >= 0.6 is 0 Å². The molecule has 4 nitrogen and oxygen atoms in total. The van der Waals surface area contributed by atoms with Gasteiger partial charge in [0.05, 0.1) is 19.8 Å². The van der Waals surface area contributed by atoms with Crippen LogP contribution in [0, 0.1) is 0 Å². The highest BCUT2D eigenvalue weighted by Crippen LogP contribution is 2.11. The third-order valence-corrected chi connectivity index (χ3v) is 2.83. The number of hydrogen-bond acceptors (Lipinski definition) is 4. The first-order valence-corrected chi connectivity index (χ1v) is 6.40. The van der Waals surface area contributed by atoms with E-state index in [0.29, 0.717) is 19.3 Å². The van der Waals surface area contributed by atoms with E-state index in [4.69, 9.17) is 15.6 Å². The van der Waals surface area contributed by atoms with Crippen LogP contribution in [0.15, 0.2) is 24.3 Å². The van der Waals surface area contributed by atoms with Crippen molar-refractivity contribution in [1.82, 2.24) is 4.90 Å². The molecule has 102 valence electrons. The lowest BCUT2D eigenvalue weighted by atomic mass is 10.1. The summed E-state index contributed by atoms with van der Waals surface area (Å²) in [6, 6.07) is 8.41. The predicted molar refractivity (Wildman–Crippen MR) is 74.3 cm³/mol. The van der Waals surface area contributed by atoms with Crippen LogP contribution in [0.2, 0.25) is 0 Å². The van der Waals surface area contributed by atoms with Crippen molar-refractivity contribution in [2.24, 2.45) is 0 Å². The molecular weight excluding hydrogens is 228 g/mol. The summed E-state index contributed by atoms with van der Waals surface area (Å²) in [7, 11) is 0. The van der Waals surface area contributed by atoms with Gasteiger partial charge in [-0.05, 0) is 31.5 Å². The number of nitrogens with zero attached hydrogens (tertiary/aromatic N) is 1. The predicted octanol–water partition coefficient (Wildman–Crippen LogP) is 1.49. The van der Waals surface area contributed by atoms with E-state index in [9.17, 15) is 0 Å². The summed E-state index contributed by atoms with van der Waals surface area (Å²) in [4.78, 5) is 2.33. The maximum atomic E-state index is 8.65. The first kappa shape index (κ1) is 15.0. The van der Waals surface area contributed by atoms with Crippen molar-refractivity contribution in [2.45, 2.75) is 26.4 Å². The van der Waals surface area contributed by atoms with E-state index in [-0.39, 0.29) is 6.61 Å². The quantitative estimate of drug-likeness (QED) is 0.543. The number of aliphatic hydroxyl groups is 1. The highest BCUT2D eigenvalue weighted by Gasteiger charge is 2.10. The van der Waals surface area contributed by atoms with Crippen molar-refractivity contribution in [2.75, 3.05) is 32.1 Å². The van der Waals surface area contributed by atoms with Gasteiger partial charge in [-0.1, -0.05) is 12.1 Å². The van der Waals surface area contributed by atoms with Crippen molar-refractivity contribution in [1.29, 1.82) is 0 Å². The molecule has 4 heteroatoms. The summed E-state index contributed by atoms with van der Waals surface area (Å²) < 4.78 is 5.31. The fourth-order valence-corrected chi connectivity index (χ4v) is 1.79. The average Bonchev–Trinajstić information content (AvgIpc) is 2.33. The van der Waals surface area contributed by atoms with E-state index in [2.05, 4.69) is 24.8 Å². The second kappa shape index (κ2) is 8.08. The standard InChI is InChI=1S/C14H24N2O2/c1-12(2)16(6-8-18-9-7-17)11-13-4-3-5-14(15)10-13/h3-5,10,12,17H,6-9,11,15H2,1-2H3. The summed E-state index contributed by atoms with van der Waals surface area (Å²) in [5.41, 5.74) is 7.79. The molecule has 0 fully saturated rings. The lowest BCUT2D eigenvalue weighted by molar-refractivity contribution is 0.0647. The van der Waals surface area contributed by atoms with Crippen LogP contribution in [0.25, 0.3) is 0 Å². The van der Waals surface area contributed by atoms with Gasteiger partial charge in [-0.3, -0.25) is 4.90 Å². The van der Waals surface area contributed by atoms with Gasteiger partial charge < -0.3 is 15.6 Å². The molecule has 1 aromatic rings. The zero-order valence-corrected chi connectivity index (χ0v) is 11.3. The molecule has 0 heterocycles. The molecule has 1 aromatic carbocycles. The number of anilines is 1. The summed E-state index contributed by atoms with van der Waals surface area (Å²) >= 11 is 0. The van der Waals surface area contributed by atoms with Crippen LogP contribution in [0.4, 0.5) is 5.69 Å². The Bertz CT molecular complexity index is 342. The lowest BCUT2D eigenvalue weighted by Crippen LogP contribution is -2.33. The molecule has 0 saturated heterocycles. The van der Waals surface area contributed by atoms with Gasteiger partial charge in [0.1, 0.15) is 0 Å². The summed E-state index contributed by atoms with van der Waals surface area (Å²) in [6.45, 7) is 7.18. The van der Waals surface area contributed by atoms with Crippen molar-refractivity contribution < 1.29 is 9.84 Å². The first-order chi connectivity index (χ1) is 8.63. The van der Waals surface area contributed by atoms with Crippen molar-refractivity contribution in [3.8, 4) is 0 Å². The highest BCUT2D eigenvalue weighted by molar-refractivity contribution is 5.40. The molecule has 0 radical (unpaired) electrons. The van der Waals surface area contributed by atoms with E-state index in [1.54, 1.807) is 0 Å². The number of rotatable bonds is 8. The molecule has 18 heavy (non-hydrogen) atoms. The zero-order chi connectivity index (χ0) is 13.4. The summed E-state index contributed by atoms with van der Waals surface area (Å²) in [5, 5.41) is 8.65. The second-order valence-corrected chi connectivity index (χ2v) is 4.65. The summed E-state index contributed by atoms with van der Waals surface area (Å²) in [6.07, 6.45) is 0. The number of nitrogen functional groups attached to an aromatic ring is 1. The summed E-state index contributed by atoms with van der Waals surface area (Å²) in [5.74, 6) is 0. The Kier molecular flexibility index (Phi) is 6.72. The maximum Gasteiger partial charge on any atom is 0.0698 e. The molecule has 0 saturated carbocycles. The fourth-order valence-electron chi connectivity index (χ4n) is 1.79. The Hall–Kier alpha value is -1.10. The Morgan fingerprint density at radius 2 is 2.11 bits per heavy atom. The Labute approximate surface area is 109 Å². The molecule has 0 aliphatic heterocycles. The maximum absolute atomic E-state index is 8.65. The number of ether oxygens (including phenoxy) is 1. The largest absolute Gasteiger partial charge is 0.399 e. The van der Waals surface area contributed by atoms with Crippen molar-refractivity contribution >= 4 is 5.69 Å². The SMILES string of the molecule is CC(C)N(CCOCCO)Cc1cccc(N)c1. The zero-order valence-electron chi connectivity index (χ0n) is 11.3. The molecule has 0 aliphatic carbocycles. The lowest BCUT2D eigenvalue weighted by Gasteiger charge is -2.26. The van der Waals surface area contributed by atoms with Gasteiger partial charge in [0, 0.05) is 24.8 Å². The number of aliphatic hydroxyl groups excluding tert-OH is 1. The average molecular weight is 252 g/mol. The van der Waals surface area contributed by atoms with Crippen molar-refractivity contribution in [3.63, 3.8) is 0 Å². The van der Waals surface area contributed by atoms with Gasteiger partial charge in [-0.25, -0.2) is 0 Å². The molecular formula is C14H24N2O2. The van der Waals surface area contributed by atoms with Crippen LogP contribution in [0.5, 0.6) is 0 Å². The van der Waals surface area contributed by atoms with E-state index < -0.39 is 0 Å². The highest BCUT2D eigenvalue weighted by atomic mass is 16.5. The van der Waals surface area contributed by atoms with Gasteiger partial charge >= 0.3 is 0 Å². The molecule has 3 N–H and O–H groups in total. The van der Waals surface area contributed by atoms with Crippen LogP contribution < -0.4 is 5.73 Å². The van der Waals surface area contributed by atoms with E-state index in [1.807, 2.05) is 18.2 Å². The minimum absolute atomic E-state index is 0.0803. The van der Waals surface area contributed by atoms with Gasteiger partial charge in [0.15, 0.2) is 0 Å². The van der Waals surface area contributed by atoms with Crippen LogP contribution in [-0.4, -0.2) is 42.4 Å². The minimum Gasteiger partial charge on any atom is -0.399 e. The van der Waals surface area contributed by atoms with Crippen molar-refractivity contribution in [3.05, 3.63) is 29.8 Å². The number of hydrogen-bond donors (Lipinski definition) is 2. The monoisotopic (exact) mass is 252 g/mol. The molecule has 0 aromatic heterocycles. The van der Waals surface area contributed by atoms with Gasteiger partial charge in [0.2, 0.25) is 0 Å². The molecule has 1 rings (SSSR count). The Balaban J connectivity index is 2.47. The van der Waals surface area contributed by atoms with E-state index in [0.717, 1.165) is 18.8 Å². The molecule has 0 amide bonds. The third-order valence-electron chi connectivity index (χ3n) is 2.83. The molecule has 0 aliphatic rings. The topological polar surface area (TPSA) is 58.7 Å². The second-order valence-electron chi connectivity index (χ2n) is 4.65. The molecule has 0 atom stereocenters. The molecule has 0 spiro atoms. The van der Waals surface area contributed by atoms with Gasteiger partial charge in [0.25, 0.3) is 0 Å². The van der Waals surface area contributed by atoms with E-state index in [1.165, 1.54) is 5.56 Å². The Morgan fingerprint density at radius 3 is 2.72 bits per heavy atom. The smallest absolute Gasteiger partial charge is 0.0698 e. The number of benzene rings is 1. The molecule has 0 bridgehead atoms. The van der Waals surface area contributed by atoms with Crippen LogP contribution in [0.1, 0.15) is 19.4 Å². The first-order valence-electron chi connectivity index (χ1n) is 6.40. The Morgan fingerprint density at radius 1 is 1.33 bits per heavy atom. The van der Waals surface area contributed by atoms with E-state index >= 15 is 0 Å². The number of nitrogens with two attached hydrogens (primary N) is 1.